The van der Waals surface area contributed by atoms with Crippen LogP contribution in [0.3, 0.4) is 0 Å². The molecule has 10 nitrogen and oxygen atoms in total. The van der Waals surface area contributed by atoms with Crippen LogP contribution in [0.2, 0.25) is 0 Å². The van der Waals surface area contributed by atoms with Gasteiger partial charge in [-0.25, -0.2) is 9.59 Å². The standard InChI is InChI=1S/C31H60N4O6S2/c1-32-22-16-12-8-4-6-10-14-18-28(36)33-26(30(38)39)20-24-42-43-25-21-27(31(40)41)34-29(37)19-15-11-7-5-9-13-17-23-35(2)3/h26-27,32H,4-25H2,1-3H3,(H,33,36)(H,34,37)(H,38,39)(H,40,41). The largest absolute Gasteiger partial charge is 0.480 e. The minimum absolute atomic E-state index is 0.226. The molecule has 5 N–H and O–H groups in total. The summed E-state index contributed by atoms with van der Waals surface area (Å²) in [4.78, 5) is 49.8. The first-order valence-electron chi connectivity index (χ1n) is 16.3. The van der Waals surface area contributed by atoms with E-state index >= 15 is 0 Å². The number of carboxylic acid groups (broad SMARTS) is 2. The van der Waals surface area contributed by atoms with Crippen LogP contribution in [0.25, 0.3) is 0 Å². The lowest BCUT2D eigenvalue weighted by atomic mass is 10.1. The van der Waals surface area contributed by atoms with E-state index in [2.05, 4.69) is 34.9 Å². The van der Waals surface area contributed by atoms with Crippen molar-refractivity contribution in [1.29, 1.82) is 0 Å². The van der Waals surface area contributed by atoms with E-state index in [9.17, 15) is 29.4 Å². The highest BCUT2D eigenvalue weighted by atomic mass is 33.1. The van der Waals surface area contributed by atoms with Gasteiger partial charge in [-0.1, -0.05) is 85.8 Å². The summed E-state index contributed by atoms with van der Waals surface area (Å²) in [6.45, 7) is 2.16. The lowest BCUT2D eigenvalue weighted by Gasteiger charge is -2.15. The summed E-state index contributed by atoms with van der Waals surface area (Å²) < 4.78 is 0. The molecule has 0 bridgehead atoms. The SMILES string of the molecule is CNCCCCCCCCCC(=O)NC(CCSSCCC(NC(=O)CCCCCCCCCN(C)C)C(=O)O)C(=O)O. The molecule has 0 radical (unpaired) electrons. The molecule has 43 heavy (non-hydrogen) atoms. The van der Waals surface area contributed by atoms with Crippen molar-refractivity contribution in [3.05, 3.63) is 0 Å². The van der Waals surface area contributed by atoms with Crippen LogP contribution >= 0.6 is 21.6 Å². The molecular formula is C31H60N4O6S2. The van der Waals surface area contributed by atoms with E-state index in [1.54, 1.807) is 0 Å². The Bertz CT molecular complexity index is 745. The molecule has 0 saturated carbocycles. The van der Waals surface area contributed by atoms with Crippen molar-refractivity contribution in [2.24, 2.45) is 0 Å². The minimum atomic E-state index is -1.05. The maximum atomic E-state index is 12.2. The number of rotatable bonds is 31. The van der Waals surface area contributed by atoms with Crippen molar-refractivity contribution in [3.8, 4) is 0 Å². The normalized spacial score (nSPS) is 12.7. The van der Waals surface area contributed by atoms with Gasteiger partial charge in [0.1, 0.15) is 12.1 Å². The van der Waals surface area contributed by atoms with Crippen molar-refractivity contribution in [3.63, 3.8) is 0 Å². The van der Waals surface area contributed by atoms with E-state index in [0.717, 1.165) is 58.0 Å². The number of aliphatic carboxylic acids is 2. The highest BCUT2D eigenvalue weighted by Crippen LogP contribution is 2.24. The Morgan fingerprint density at radius 2 is 0.977 bits per heavy atom. The topological polar surface area (TPSA) is 148 Å². The minimum Gasteiger partial charge on any atom is -0.480 e. The van der Waals surface area contributed by atoms with E-state index in [1.165, 1.54) is 66.5 Å². The number of amides is 2. The fourth-order valence-corrected chi connectivity index (χ4v) is 6.75. The number of carbonyl (C=O) groups excluding carboxylic acids is 2. The lowest BCUT2D eigenvalue weighted by Crippen LogP contribution is -2.41. The third-order valence-electron chi connectivity index (χ3n) is 7.17. The monoisotopic (exact) mass is 648 g/mol. The molecule has 0 aromatic rings. The first-order valence-corrected chi connectivity index (χ1v) is 18.7. The number of nitrogens with zero attached hydrogens (tertiary/aromatic N) is 1. The van der Waals surface area contributed by atoms with Gasteiger partial charge in [-0.05, 0) is 72.8 Å². The van der Waals surface area contributed by atoms with Gasteiger partial charge in [-0.3, -0.25) is 9.59 Å². The summed E-state index contributed by atoms with van der Waals surface area (Å²) in [6, 6.07) is -1.86. The second-order valence-corrected chi connectivity index (χ2v) is 14.2. The van der Waals surface area contributed by atoms with Crippen molar-refractivity contribution in [1.82, 2.24) is 20.9 Å². The predicted octanol–water partition coefficient (Wildman–Crippen LogP) is 5.31. The van der Waals surface area contributed by atoms with Crippen LogP contribution in [-0.2, 0) is 19.2 Å². The molecule has 0 saturated heterocycles. The van der Waals surface area contributed by atoms with Gasteiger partial charge in [0.15, 0.2) is 0 Å². The molecule has 2 amide bonds. The molecule has 252 valence electrons. The summed E-state index contributed by atoms with van der Waals surface area (Å²) in [5.74, 6) is -1.53. The molecule has 0 rings (SSSR count). The summed E-state index contributed by atoms with van der Waals surface area (Å²) >= 11 is 0. The zero-order chi connectivity index (χ0) is 32.1. The molecule has 2 unspecified atom stereocenters. The van der Waals surface area contributed by atoms with Crippen LogP contribution < -0.4 is 16.0 Å². The first kappa shape index (κ1) is 41.5. The van der Waals surface area contributed by atoms with Crippen LogP contribution in [0.1, 0.15) is 116 Å². The highest BCUT2D eigenvalue weighted by molar-refractivity contribution is 8.76. The molecule has 0 aliphatic carbocycles. The van der Waals surface area contributed by atoms with Gasteiger partial charge in [-0.2, -0.15) is 0 Å². The zero-order valence-electron chi connectivity index (χ0n) is 27.0. The third kappa shape index (κ3) is 27.8. The number of hydrogen-bond donors (Lipinski definition) is 5. The van der Waals surface area contributed by atoms with E-state index in [4.69, 9.17) is 0 Å². The summed E-state index contributed by atoms with van der Waals surface area (Å²) in [5.41, 5.74) is 0. The van der Waals surface area contributed by atoms with Crippen LogP contribution in [0.4, 0.5) is 0 Å². The number of hydrogen-bond acceptors (Lipinski definition) is 8. The average Bonchev–Trinajstić information content (AvgIpc) is 2.95. The Morgan fingerprint density at radius 1 is 0.605 bits per heavy atom. The van der Waals surface area contributed by atoms with Gasteiger partial charge in [-0.15, -0.1) is 0 Å². The average molecular weight is 649 g/mol. The molecular weight excluding hydrogens is 588 g/mol. The van der Waals surface area contributed by atoms with Crippen LogP contribution in [-0.4, -0.2) is 96.7 Å². The van der Waals surface area contributed by atoms with E-state index in [1.807, 2.05) is 7.05 Å². The van der Waals surface area contributed by atoms with Gasteiger partial charge < -0.3 is 31.1 Å². The van der Waals surface area contributed by atoms with Crippen molar-refractivity contribution < 1.29 is 29.4 Å². The third-order valence-corrected chi connectivity index (χ3v) is 9.64. The number of unbranched alkanes of at least 4 members (excludes halogenated alkanes) is 12. The van der Waals surface area contributed by atoms with Gasteiger partial charge in [0.25, 0.3) is 0 Å². The molecule has 0 fully saturated rings. The number of nitrogens with one attached hydrogen (secondary N) is 3. The fourth-order valence-electron chi connectivity index (χ4n) is 4.57. The van der Waals surface area contributed by atoms with Gasteiger partial charge >= 0.3 is 11.9 Å². The van der Waals surface area contributed by atoms with E-state index < -0.39 is 24.0 Å². The summed E-state index contributed by atoms with van der Waals surface area (Å²) in [6.07, 6.45) is 16.5. The summed E-state index contributed by atoms with van der Waals surface area (Å²) in [7, 11) is 9.02. The molecule has 0 aliphatic rings. The second-order valence-electron chi connectivity index (χ2n) is 11.5. The molecule has 0 spiro atoms. The van der Waals surface area contributed by atoms with Crippen molar-refractivity contribution in [2.45, 2.75) is 128 Å². The Hall–Kier alpha value is -1.50. The second kappa shape index (κ2) is 29.2. The van der Waals surface area contributed by atoms with E-state index in [0.29, 0.717) is 37.2 Å². The van der Waals surface area contributed by atoms with Crippen molar-refractivity contribution in [2.75, 3.05) is 45.7 Å². The number of carbonyl (C=O) groups is 4. The van der Waals surface area contributed by atoms with Crippen LogP contribution in [0.15, 0.2) is 0 Å². The predicted molar refractivity (Wildman–Crippen MR) is 180 cm³/mol. The molecule has 0 aliphatic heterocycles. The fraction of sp³-hybridized carbons (Fsp3) is 0.871. The quantitative estimate of drug-likeness (QED) is 0.0495. The molecule has 0 aromatic carbocycles. The Morgan fingerprint density at radius 3 is 1.35 bits per heavy atom. The lowest BCUT2D eigenvalue weighted by molar-refractivity contribution is -0.142. The molecule has 2 atom stereocenters. The van der Waals surface area contributed by atoms with Crippen LogP contribution in [0, 0.1) is 0 Å². The molecule has 0 heterocycles. The maximum Gasteiger partial charge on any atom is 0.326 e. The Balaban J connectivity index is 3.97. The van der Waals surface area contributed by atoms with Gasteiger partial charge in [0.2, 0.25) is 11.8 Å². The molecule has 0 aromatic heterocycles. The first-order chi connectivity index (χ1) is 20.7. The van der Waals surface area contributed by atoms with Crippen molar-refractivity contribution >= 4 is 45.3 Å². The zero-order valence-corrected chi connectivity index (χ0v) is 28.6. The Labute approximate surface area is 268 Å². The van der Waals surface area contributed by atoms with Crippen LogP contribution in [0.5, 0.6) is 0 Å². The maximum absolute atomic E-state index is 12.2. The highest BCUT2D eigenvalue weighted by Gasteiger charge is 2.21. The Kier molecular flexibility index (Phi) is 28.2. The molecule has 12 heteroatoms. The summed E-state index contributed by atoms with van der Waals surface area (Å²) in [5, 5.41) is 27.4. The van der Waals surface area contributed by atoms with Gasteiger partial charge in [0, 0.05) is 24.3 Å². The smallest absolute Gasteiger partial charge is 0.326 e. The van der Waals surface area contributed by atoms with E-state index in [-0.39, 0.29) is 11.8 Å². The number of carboxylic acids is 2. The van der Waals surface area contributed by atoms with Gasteiger partial charge in [0.05, 0.1) is 0 Å².